The second-order valence-electron chi connectivity index (χ2n) is 10.3. The summed E-state index contributed by atoms with van der Waals surface area (Å²) in [6, 6.07) is 6.12. The lowest BCUT2D eigenvalue weighted by molar-refractivity contribution is 0.112. The number of nitrogens with zero attached hydrogens (tertiary/aromatic N) is 7. The maximum Gasteiger partial charge on any atom is 0.148 e. The van der Waals surface area contributed by atoms with Crippen LogP contribution in [0.5, 0.6) is 0 Å². The minimum Gasteiger partial charge on any atom is -0.353 e. The van der Waals surface area contributed by atoms with E-state index in [0.29, 0.717) is 6.54 Å². The van der Waals surface area contributed by atoms with Crippen molar-refractivity contribution < 1.29 is 8.42 Å². The van der Waals surface area contributed by atoms with Crippen LogP contribution in [0.25, 0.3) is 33.5 Å². The summed E-state index contributed by atoms with van der Waals surface area (Å²) in [4.78, 5) is 14.2. The molecule has 1 fully saturated rings. The van der Waals surface area contributed by atoms with E-state index in [9.17, 15) is 8.42 Å². The number of aromatic nitrogens is 6. The largest absolute Gasteiger partial charge is 0.353 e. The van der Waals surface area contributed by atoms with Gasteiger partial charge in [0.1, 0.15) is 21.3 Å². The molecular formula is C25H32N8O2S. The van der Waals surface area contributed by atoms with Crippen LogP contribution >= 0.6 is 0 Å². The average molecular weight is 509 g/mol. The number of pyridine rings is 2. The van der Waals surface area contributed by atoms with E-state index < -0.39 is 9.84 Å². The first-order valence-corrected chi connectivity index (χ1v) is 14.1. The molecule has 10 nitrogen and oxygen atoms in total. The molecule has 0 aliphatic carbocycles. The van der Waals surface area contributed by atoms with Gasteiger partial charge in [0.05, 0.1) is 35.1 Å². The molecule has 11 heteroatoms. The first-order valence-electron chi connectivity index (χ1n) is 12.0. The molecule has 1 aliphatic rings. The van der Waals surface area contributed by atoms with E-state index in [1.165, 1.54) is 6.26 Å². The van der Waals surface area contributed by atoms with Crippen LogP contribution in [0.15, 0.2) is 36.8 Å². The van der Waals surface area contributed by atoms with Crippen molar-refractivity contribution in [2.75, 3.05) is 43.1 Å². The molecule has 5 rings (SSSR count). The van der Waals surface area contributed by atoms with Crippen molar-refractivity contribution in [2.24, 2.45) is 7.05 Å². The highest BCUT2D eigenvalue weighted by Gasteiger charge is 2.35. The molecule has 0 aromatic carbocycles. The van der Waals surface area contributed by atoms with Gasteiger partial charge in [0.15, 0.2) is 0 Å². The summed E-state index contributed by atoms with van der Waals surface area (Å²) in [5, 5.41) is 12.9. The molecule has 1 saturated heterocycles. The fourth-order valence-corrected chi connectivity index (χ4v) is 5.41. The van der Waals surface area contributed by atoms with Gasteiger partial charge in [-0.15, -0.1) is 0 Å². The van der Waals surface area contributed by atoms with Crippen LogP contribution in [-0.4, -0.2) is 87.0 Å². The van der Waals surface area contributed by atoms with Crippen molar-refractivity contribution >= 4 is 26.6 Å². The van der Waals surface area contributed by atoms with E-state index >= 15 is 0 Å². The van der Waals surface area contributed by atoms with Gasteiger partial charge in [-0.05, 0) is 38.5 Å². The third-order valence-corrected chi connectivity index (χ3v) is 7.79. The number of aromatic amines is 1. The molecule has 4 aromatic heterocycles. The van der Waals surface area contributed by atoms with Crippen molar-refractivity contribution in [1.29, 1.82) is 0 Å². The summed E-state index contributed by atoms with van der Waals surface area (Å²) in [6.07, 6.45) is 6.83. The standard InChI is InChI=1S/C25H32N8O2S/c1-17-6-7-20(23-19-12-21(18-13-27-31(4)15-18)26-14-22(19)29-30-23)28-24(17)32-8-9-33(25(2,3)16-32)10-11-36(5,34)35/h6-7,12-15H,8-11,16H2,1-5H3,(H,29,30). The molecule has 0 amide bonds. The van der Waals surface area contributed by atoms with Crippen LogP contribution in [0.2, 0.25) is 0 Å². The molecular weight excluding hydrogens is 476 g/mol. The van der Waals surface area contributed by atoms with E-state index in [-0.39, 0.29) is 11.3 Å². The van der Waals surface area contributed by atoms with Gasteiger partial charge >= 0.3 is 0 Å². The van der Waals surface area contributed by atoms with Crippen molar-refractivity contribution in [3.8, 4) is 22.6 Å². The Morgan fingerprint density at radius 2 is 1.94 bits per heavy atom. The average Bonchev–Trinajstić information content (AvgIpc) is 3.43. The van der Waals surface area contributed by atoms with Gasteiger partial charge in [-0.3, -0.25) is 19.7 Å². The normalized spacial score (nSPS) is 16.6. The minimum atomic E-state index is -3.00. The van der Waals surface area contributed by atoms with E-state index in [0.717, 1.165) is 64.6 Å². The molecule has 1 aliphatic heterocycles. The van der Waals surface area contributed by atoms with Crippen LogP contribution < -0.4 is 4.90 Å². The fourth-order valence-electron chi connectivity index (χ4n) is 4.85. The predicted octanol–water partition coefficient (Wildman–Crippen LogP) is 2.67. The van der Waals surface area contributed by atoms with Crippen LogP contribution in [0.4, 0.5) is 5.82 Å². The second kappa shape index (κ2) is 8.97. The summed E-state index contributed by atoms with van der Waals surface area (Å²) < 4.78 is 25.2. The van der Waals surface area contributed by atoms with E-state index in [4.69, 9.17) is 4.98 Å². The number of rotatable bonds is 6. The van der Waals surface area contributed by atoms with Crippen molar-refractivity contribution in [3.05, 3.63) is 42.4 Å². The van der Waals surface area contributed by atoms with Crippen LogP contribution in [0.3, 0.4) is 0 Å². The molecule has 0 radical (unpaired) electrons. The topological polar surface area (TPSA) is 113 Å². The molecule has 4 aromatic rings. The third-order valence-electron chi connectivity index (χ3n) is 6.87. The quantitative estimate of drug-likeness (QED) is 0.423. The van der Waals surface area contributed by atoms with Gasteiger partial charge in [0, 0.05) is 62.2 Å². The lowest BCUT2D eigenvalue weighted by atomic mass is 9.98. The highest BCUT2D eigenvalue weighted by Crippen LogP contribution is 2.32. The fraction of sp³-hybridized carbons (Fsp3) is 0.440. The van der Waals surface area contributed by atoms with Crippen molar-refractivity contribution in [1.82, 2.24) is 34.8 Å². The van der Waals surface area contributed by atoms with Gasteiger partial charge in [0.25, 0.3) is 0 Å². The molecule has 5 heterocycles. The summed E-state index contributed by atoms with van der Waals surface area (Å²) in [7, 11) is -1.12. The summed E-state index contributed by atoms with van der Waals surface area (Å²) in [5.41, 5.74) is 5.11. The zero-order chi connectivity index (χ0) is 25.7. The second-order valence-corrected chi connectivity index (χ2v) is 12.5. The Balaban J connectivity index is 1.44. The number of sulfone groups is 1. The Bertz CT molecular complexity index is 1520. The van der Waals surface area contributed by atoms with Crippen LogP contribution in [0.1, 0.15) is 19.4 Å². The number of H-pyrrole nitrogens is 1. The predicted molar refractivity (Wildman–Crippen MR) is 142 cm³/mol. The monoisotopic (exact) mass is 508 g/mol. The van der Waals surface area contributed by atoms with Gasteiger partial charge in [0.2, 0.25) is 0 Å². The summed E-state index contributed by atoms with van der Waals surface area (Å²) >= 11 is 0. The van der Waals surface area contributed by atoms with Gasteiger partial charge in [-0.1, -0.05) is 6.07 Å². The maximum atomic E-state index is 11.7. The smallest absolute Gasteiger partial charge is 0.148 e. The Morgan fingerprint density at radius 1 is 1.14 bits per heavy atom. The number of nitrogens with one attached hydrogen (secondary N) is 1. The third kappa shape index (κ3) is 4.85. The molecule has 36 heavy (non-hydrogen) atoms. The highest BCUT2D eigenvalue weighted by atomic mass is 32.2. The zero-order valence-corrected chi connectivity index (χ0v) is 22.2. The van der Waals surface area contributed by atoms with Crippen molar-refractivity contribution in [2.45, 2.75) is 26.3 Å². The van der Waals surface area contributed by atoms with E-state index in [2.05, 4.69) is 56.9 Å². The van der Waals surface area contributed by atoms with Crippen LogP contribution in [-0.2, 0) is 16.9 Å². The molecule has 190 valence electrons. The maximum absolute atomic E-state index is 11.7. The Morgan fingerprint density at radius 3 is 2.64 bits per heavy atom. The first-order chi connectivity index (χ1) is 17.0. The molecule has 1 N–H and O–H groups in total. The summed E-state index contributed by atoms with van der Waals surface area (Å²) in [6.45, 7) is 9.25. The summed E-state index contributed by atoms with van der Waals surface area (Å²) in [5.74, 6) is 1.10. The molecule has 0 atom stereocenters. The molecule has 0 spiro atoms. The zero-order valence-electron chi connectivity index (χ0n) is 21.4. The number of aryl methyl sites for hydroxylation is 2. The number of hydrogen-bond acceptors (Lipinski definition) is 8. The lowest BCUT2D eigenvalue weighted by Gasteiger charge is -2.47. The SMILES string of the molecule is Cc1ccc(-c2n[nH]c3cnc(-c4cnn(C)c4)cc23)nc1N1CCN(CCS(C)(=O)=O)C(C)(C)C1. The van der Waals surface area contributed by atoms with E-state index in [1.54, 1.807) is 17.1 Å². The number of hydrogen-bond donors (Lipinski definition) is 1. The van der Waals surface area contributed by atoms with Crippen molar-refractivity contribution in [3.63, 3.8) is 0 Å². The Kier molecular flexibility index (Phi) is 6.08. The molecule has 0 saturated carbocycles. The van der Waals surface area contributed by atoms with Gasteiger partial charge in [-0.2, -0.15) is 10.2 Å². The minimum absolute atomic E-state index is 0.172. The van der Waals surface area contributed by atoms with Gasteiger partial charge < -0.3 is 4.90 Å². The highest BCUT2D eigenvalue weighted by molar-refractivity contribution is 7.90. The number of fused-ring (bicyclic) bond motifs is 1. The molecule has 0 bridgehead atoms. The number of anilines is 1. The van der Waals surface area contributed by atoms with Crippen LogP contribution in [0, 0.1) is 6.92 Å². The number of piperazine rings is 1. The van der Waals surface area contributed by atoms with Gasteiger partial charge in [-0.25, -0.2) is 13.4 Å². The Labute approximate surface area is 211 Å². The Hall–Kier alpha value is -3.31. The first kappa shape index (κ1) is 24.4. The lowest BCUT2D eigenvalue weighted by Crippen LogP contribution is -2.60. The molecule has 0 unspecified atom stereocenters. The van der Waals surface area contributed by atoms with E-state index in [1.807, 2.05) is 25.4 Å².